The molecule has 1 aromatic heterocycles. The summed E-state index contributed by atoms with van der Waals surface area (Å²) in [5, 5.41) is 9.23. The topological polar surface area (TPSA) is 54.7 Å². The molecule has 2 fully saturated rings. The molecule has 3 rings (SSSR count). The van der Waals surface area contributed by atoms with Crippen LogP contribution in [0.2, 0.25) is 0 Å². The maximum atomic E-state index is 11.2. The van der Waals surface area contributed by atoms with Crippen LogP contribution in [0.3, 0.4) is 0 Å². The van der Waals surface area contributed by atoms with Gasteiger partial charge in [-0.2, -0.15) is 0 Å². The molecule has 1 N–H and O–H groups in total. The van der Waals surface area contributed by atoms with Crippen LogP contribution in [-0.2, 0) is 4.74 Å². The van der Waals surface area contributed by atoms with Crippen molar-refractivity contribution in [2.45, 2.75) is 37.8 Å². The monoisotopic (exact) mass is 292 g/mol. The first-order valence-corrected chi connectivity index (χ1v) is 7.84. The summed E-state index contributed by atoms with van der Waals surface area (Å²) in [5.41, 5.74) is 0.407. The van der Waals surface area contributed by atoms with E-state index in [-0.39, 0.29) is 0 Å². The van der Waals surface area contributed by atoms with Crippen LogP contribution in [0.4, 0.5) is 0 Å². The Morgan fingerprint density at radius 3 is 2.67 bits per heavy atom. The fourth-order valence-electron chi connectivity index (χ4n) is 3.58. The molecule has 2 heterocycles. The zero-order chi connectivity index (χ0) is 14.8. The second-order valence-electron chi connectivity index (χ2n) is 6.23. The number of methoxy groups -OCH3 is 1. The lowest BCUT2D eigenvalue weighted by Crippen LogP contribution is -2.45. The summed E-state index contributed by atoms with van der Waals surface area (Å²) < 4.78 is 7.32. The van der Waals surface area contributed by atoms with Gasteiger partial charge in [0.25, 0.3) is 0 Å². The van der Waals surface area contributed by atoms with E-state index in [4.69, 9.17) is 4.74 Å². The number of carboxylic acids is 1. The molecule has 1 saturated heterocycles. The molecule has 21 heavy (non-hydrogen) atoms. The van der Waals surface area contributed by atoms with Crippen molar-refractivity contribution >= 4 is 5.97 Å². The Kier molecular flexibility index (Phi) is 4.31. The fraction of sp³-hybridized carbons (Fsp3) is 0.688. The number of likely N-dealkylation sites (tertiary alicyclic amines) is 1. The van der Waals surface area contributed by atoms with E-state index in [0.29, 0.717) is 17.8 Å². The fourth-order valence-corrected chi connectivity index (χ4v) is 3.58. The van der Waals surface area contributed by atoms with Crippen molar-refractivity contribution in [3.63, 3.8) is 0 Å². The van der Waals surface area contributed by atoms with Gasteiger partial charge in [0.2, 0.25) is 0 Å². The van der Waals surface area contributed by atoms with Crippen LogP contribution in [-0.4, -0.2) is 53.4 Å². The first-order chi connectivity index (χ1) is 10.2. The minimum Gasteiger partial charge on any atom is -0.477 e. The summed E-state index contributed by atoms with van der Waals surface area (Å²) in [5.74, 6) is -0.0275. The van der Waals surface area contributed by atoms with E-state index >= 15 is 0 Å². The first kappa shape index (κ1) is 14.6. The number of piperidine rings is 1. The van der Waals surface area contributed by atoms with Gasteiger partial charge in [-0.25, -0.2) is 4.79 Å². The summed E-state index contributed by atoms with van der Waals surface area (Å²) in [4.78, 5) is 13.8. The molecule has 0 radical (unpaired) electrons. The molecule has 5 heteroatoms. The lowest BCUT2D eigenvalue weighted by Gasteiger charge is -2.38. The maximum absolute atomic E-state index is 11.2. The Balaban J connectivity index is 1.62. The molecule has 1 aliphatic carbocycles. The standard InChI is InChI=1S/C16H24N2O3/c1-21-11-15(12-4-5-12)17-9-6-13(7-10-17)18-8-2-3-14(18)16(19)20/h2-3,8,12-13,15H,4-7,9-11H2,1H3,(H,19,20). The number of carboxylic acid groups (broad SMARTS) is 1. The van der Waals surface area contributed by atoms with E-state index in [9.17, 15) is 9.90 Å². The number of hydrogen-bond acceptors (Lipinski definition) is 3. The third kappa shape index (κ3) is 3.14. The van der Waals surface area contributed by atoms with Gasteiger partial charge in [-0.15, -0.1) is 0 Å². The van der Waals surface area contributed by atoms with Crippen molar-refractivity contribution < 1.29 is 14.6 Å². The van der Waals surface area contributed by atoms with Gasteiger partial charge in [0.15, 0.2) is 0 Å². The average Bonchev–Trinajstić information content (AvgIpc) is 3.20. The van der Waals surface area contributed by atoms with Crippen LogP contribution in [0.25, 0.3) is 0 Å². The van der Waals surface area contributed by atoms with Crippen LogP contribution in [0.5, 0.6) is 0 Å². The largest absolute Gasteiger partial charge is 0.477 e. The summed E-state index contributed by atoms with van der Waals surface area (Å²) in [6.45, 7) is 2.89. The van der Waals surface area contributed by atoms with Crippen molar-refractivity contribution in [3.8, 4) is 0 Å². The third-order valence-corrected chi connectivity index (χ3v) is 4.86. The van der Waals surface area contributed by atoms with Gasteiger partial charge in [0.05, 0.1) is 6.61 Å². The molecule has 5 nitrogen and oxygen atoms in total. The highest BCUT2D eigenvalue weighted by Crippen LogP contribution is 2.37. The third-order valence-electron chi connectivity index (χ3n) is 4.86. The minimum absolute atomic E-state index is 0.310. The maximum Gasteiger partial charge on any atom is 0.352 e. The molecular formula is C16H24N2O3. The van der Waals surface area contributed by atoms with Crippen LogP contribution in [0.1, 0.15) is 42.2 Å². The normalized spacial score (nSPS) is 22.3. The highest BCUT2D eigenvalue weighted by atomic mass is 16.5. The summed E-state index contributed by atoms with van der Waals surface area (Å²) >= 11 is 0. The predicted octanol–water partition coefficient (Wildman–Crippen LogP) is 2.25. The minimum atomic E-state index is -0.835. The molecule has 1 unspecified atom stereocenters. The van der Waals surface area contributed by atoms with Gasteiger partial charge < -0.3 is 14.4 Å². The highest BCUT2D eigenvalue weighted by molar-refractivity contribution is 5.85. The summed E-state index contributed by atoms with van der Waals surface area (Å²) in [6.07, 6.45) is 6.59. The number of nitrogens with zero attached hydrogens (tertiary/aromatic N) is 2. The van der Waals surface area contributed by atoms with Crippen molar-refractivity contribution in [2.75, 3.05) is 26.8 Å². The van der Waals surface area contributed by atoms with Gasteiger partial charge in [0.1, 0.15) is 5.69 Å². The molecule has 0 amide bonds. The molecule has 1 aliphatic heterocycles. The Bertz CT molecular complexity index is 487. The summed E-state index contributed by atoms with van der Waals surface area (Å²) in [7, 11) is 1.78. The molecule has 1 aromatic rings. The lowest BCUT2D eigenvalue weighted by atomic mass is 10.0. The van der Waals surface area contributed by atoms with E-state index in [1.165, 1.54) is 12.8 Å². The van der Waals surface area contributed by atoms with Crippen molar-refractivity contribution in [1.82, 2.24) is 9.47 Å². The second kappa shape index (κ2) is 6.20. The molecule has 2 aliphatic rings. The van der Waals surface area contributed by atoms with Crippen LogP contribution in [0.15, 0.2) is 18.3 Å². The Labute approximate surface area is 125 Å². The number of aromatic nitrogens is 1. The van der Waals surface area contributed by atoms with E-state index < -0.39 is 5.97 Å². The molecular weight excluding hydrogens is 268 g/mol. The van der Waals surface area contributed by atoms with Gasteiger partial charge >= 0.3 is 5.97 Å². The van der Waals surface area contributed by atoms with Crippen LogP contribution < -0.4 is 0 Å². The predicted molar refractivity (Wildman–Crippen MR) is 79.6 cm³/mol. The zero-order valence-electron chi connectivity index (χ0n) is 12.6. The van der Waals surface area contributed by atoms with Crippen LogP contribution >= 0.6 is 0 Å². The number of aromatic carboxylic acids is 1. The highest BCUT2D eigenvalue weighted by Gasteiger charge is 2.37. The Morgan fingerprint density at radius 2 is 2.10 bits per heavy atom. The first-order valence-electron chi connectivity index (χ1n) is 7.84. The smallest absolute Gasteiger partial charge is 0.352 e. The second-order valence-corrected chi connectivity index (χ2v) is 6.23. The van der Waals surface area contributed by atoms with E-state index in [1.807, 2.05) is 16.8 Å². The van der Waals surface area contributed by atoms with Crippen molar-refractivity contribution in [2.24, 2.45) is 5.92 Å². The van der Waals surface area contributed by atoms with Crippen molar-refractivity contribution in [1.29, 1.82) is 0 Å². The zero-order valence-corrected chi connectivity index (χ0v) is 12.6. The van der Waals surface area contributed by atoms with Crippen LogP contribution in [0, 0.1) is 5.92 Å². The number of hydrogen-bond donors (Lipinski definition) is 1. The van der Waals surface area contributed by atoms with Crippen molar-refractivity contribution in [3.05, 3.63) is 24.0 Å². The van der Waals surface area contributed by atoms with Gasteiger partial charge in [-0.1, -0.05) is 0 Å². The number of carbonyl (C=O) groups is 1. The Hall–Kier alpha value is -1.33. The molecule has 0 spiro atoms. The van der Waals surface area contributed by atoms with Gasteiger partial charge in [0, 0.05) is 38.5 Å². The number of rotatable bonds is 6. The molecule has 0 aromatic carbocycles. The van der Waals surface area contributed by atoms with E-state index in [1.54, 1.807) is 13.2 Å². The van der Waals surface area contributed by atoms with Gasteiger partial charge in [-0.05, 0) is 43.7 Å². The summed E-state index contributed by atoms with van der Waals surface area (Å²) in [6, 6.07) is 4.38. The molecule has 1 saturated carbocycles. The lowest BCUT2D eigenvalue weighted by molar-refractivity contribution is 0.0534. The quantitative estimate of drug-likeness (QED) is 0.873. The molecule has 0 bridgehead atoms. The van der Waals surface area contributed by atoms with Gasteiger partial charge in [-0.3, -0.25) is 4.90 Å². The SMILES string of the molecule is COCC(C1CC1)N1CCC(n2cccc2C(=O)O)CC1. The van der Waals surface area contributed by atoms with E-state index in [2.05, 4.69) is 4.90 Å². The molecule has 116 valence electrons. The molecule has 1 atom stereocenters. The Morgan fingerprint density at radius 1 is 1.38 bits per heavy atom. The number of ether oxygens (including phenoxy) is 1. The van der Waals surface area contributed by atoms with E-state index in [0.717, 1.165) is 38.5 Å². The average molecular weight is 292 g/mol.